The fourth-order valence-corrected chi connectivity index (χ4v) is 2.42. The second kappa shape index (κ2) is 5.76. The number of ether oxygens (including phenoxy) is 1. The highest BCUT2D eigenvalue weighted by atomic mass is 32.1. The first-order valence-electron chi connectivity index (χ1n) is 6.19. The number of carbonyl (C=O) groups excluding carboxylic acids is 1. The quantitative estimate of drug-likeness (QED) is 0.777. The molecular formula is C14H12N4O2S. The summed E-state index contributed by atoms with van der Waals surface area (Å²) in [5.41, 5.74) is 2.20. The molecule has 0 atom stereocenters. The Morgan fingerprint density at radius 2 is 1.81 bits per heavy atom. The molecule has 2 amide bonds. The van der Waals surface area contributed by atoms with Crippen molar-refractivity contribution in [2.24, 2.45) is 0 Å². The van der Waals surface area contributed by atoms with Gasteiger partial charge in [-0.15, -0.1) is 5.10 Å². The molecule has 0 aliphatic rings. The van der Waals surface area contributed by atoms with E-state index in [2.05, 4.69) is 20.2 Å². The lowest BCUT2D eigenvalue weighted by Crippen LogP contribution is -2.19. The predicted molar refractivity (Wildman–Crippen MR) is 83.1 cm³/mol. The molecule has 0 spiro atoms. The Morgan fingerprint density at radius 1 is 1.10 bits per heavy atom. The van der Waals surface area contributed by atoms with E-state index in [1.54, 1.807) is 37.4 Å². The number of amides is 2. The summed E-state index contributed by atoms with van der Waals surface area (Å²) in [6.45, 7) is 0. The summed E-state index contributed by atoms with van der Waals surface area (Å²) in [5.74, 6) is 0.740. The van der Waals surface area contributed by atoms with Crippen molar-refractivity contribution < 1.29 is 9.53 Å². The highest BCUT2D eigenvalue weighted by Crippen LogP contribution is 2.20. The van der Waals surface area contributed by atoms with E-state index in [1.807, 2.05) is 12.1 Å². The normalized spacial score (nSPS) is 10.3. The summed E-state index contributed by atoms with van der Waals surface area (Å²) < 4.78 is 9.85. The average Bonchev–Trinajstić information content (AvgIpc) is 2.95. The van der Waals surface area contributed by atoms with E-state index in [4.69, 9.17) is 4.74 Å². The van der Waals surface area contributed by atoms with Crippen LogP contribution < -0.4 is 15.4 Å². The Morgan fingerprint density at radius 3 is 2.57 bits per heavy atom. The van der Waals surface area contributed by atoms with E-state index in [-0.39, 0.29) is 6.03 Å². The van der Waals surface area contributed by atoms with E-state index in [1.165, 1.54) is 11.5 Å². The fourth-order valence-electron chi connectivity index (χ4n) is 1.82. The number of nitrogens with zero attached hydrogens (tertiary/aromatic N) is 2. The van der Waals surface area contributed by atoms with Gasteiger partial charge in [-0.3, -0.25) is 0 Å². The third-order valence-corrected chi connectivity index (χ3v) is 3.54. The second-order valence-electron chi connectivity index (χ2n) is 4.26. The van der Waals surface area contributed by atoms with Crippen LogP contribution in [0.5, 0.6) is 5.75 Å². The van der Waals surface area contributed by atoms with Gasteiger partial charge in [-0.2, -0.15) is 0 Å². The molecule has 6 nitrogen and oxygen atoms in total. The smallest absolute Gasteiger partial charge is 0.323 e. The summed E-state index contributed by atoms with van der Waals surface area (Å²) in [6, 6.07) is 12.3. The molecule has 106 valence electrons. The monoisotopic (exact) mass is 300 g/mol. The van der Waals surface area contributed by atoms with Crippen LogP contribution in [-0.4, -0.2) is 22.7 Å². The topological polar surface area (TPSA) is 76.1 Å². The maximum atomic E-state index is 11.9. The van der Waals surface area contributed by atoms with Crippen LogP contribution in [0.2, 0.25) is 0 Å². The summed E-state index contributed by atoms with van der Waals surface area (Å²) in [5, 5.41) is 9.47. The highest BCUT2D eigenvalue weighted by Gasteiger charge is 2.05. The number of methoxy groups -OCH3 is 1. The van der Waals surface area contributed by atoms with E-state index in [0.717, 1.165) is 16.0 Å². The van der Waals surface area contributed by atoms with Gasteiger partial charge in [0.2, 0.25) is 0 Å². The Kier molecular flexibility index (Phi) is 3.65. The molecule has 3 aromatic rings. The number of anilines is 2. The van der Waals surface area contributed by atoms with Gasteiger partial charge < -0.3 is 15.4 Å². The van der Waals surface area contributed by atoms with E-state index in [9.17, 15) is 4.79 Å². The van der Waals surface area contributed by atoms with E-state index < -0.39 is 0 Å². The van der Waals surface area contributed by atoms with Crippen LogP contribution in [0.3, 0.4) is 0 Å². The molecule has 7 heteroatoms. The lowest BCUT2D eigenvalue weighted by Gasteiger charge is -2.08. The Bertz CT molecular complexity index is 770. The van der Waals surface area contributed by atoms with Gasteiger partial charge in [-0.25, -0.2) is 4.79 Å². The zero-order valence-corrected chi connectivity index (χ0v) is 12.0. The first-order chi connectivity index (χ1) is 10.2. The van der Waals surface area contributed by atoms with Crippen molar-refractivity contribution in [1.82, 2.24) is 9.59 Å². The number of urea groups is 1. The van der Waals surface area contributed by atoms with Crippen molar-refractivity contribution in [1.29, 1.82) is 0 Å². The molecule has 2 aromatic carbocycles. The van der Waals surface area contributed by atoms with Gasteiger partial charge in [0, 0.05) is 11.4 Å². The van der Waals surface area contributed by atoms with Crippen LogP contribution in [0.1, 0.15) is 0 Å². The van der Waals surface area contributed by atoms with Crippen LogP contribution in [0.15, 0.2) is 42.5 Å². The van der Waals surface area contributed by atoms with Gasteiger partial charge in [0.15, 0.2) is 0 Å². The standard InChI is InChI=1S/C14H12N4O2S/c1-20-11-5-2-9(3-6-11)15-14(19)16-10-4-7-12-13(8-10)21-18-17-12/h2-8H,1H3,(H2,15,16,19). The first-order valence-corrected chi connectivity index (χ1v) is 6.96. The average molecular weight is 300 g/mol. The highest BCUT2D eigenvalue weighted by molar-refractivity contribution is 7.12. The van der Waals surface area contributed by atoms with Crippen molar-refractivity contribution in [3.8, 4) is 5.75 Å². The summed E-state index contributed by atoms with van der Waals surface area (Å²) in [6.07, 6.45) is 0. The lowest BCUT2D eigenvalue weighted by atomic mass is 10.3. The number of hydrogen-bond acceptors (Lipinski definition) is 5. The fraction of sp³-hybridized carbons (Fsp3) is 0.0714. The van der Waals surface area contributed by atoms with Crippen LogP contribution in [0, 0.1) is 0 Å². The zero-order chi connectivity index (χ0) is 14.7. The van der Waals surface area contributed by atoms with Gasteiger partial charge in [-0.1, -0.05) is 4.49 Å². The van der Waals surface area contributed by atoms with Gasteiger partial charge >= 0.3 is 6.03 Å². The molecule has 0 bridgehead atoms. The Labute approximate surface area is 124 Å². The second-order valence-corrected chi connectivity index (χ2v) is 5.05. The molecule has 0 aliphatic carbocycles. The number of fused-ring (bicyclic) bond motifs is 1. The minimum atomic E-state index is -0.308. The van der Waals surface area contributed by atoms with Crippen molar-refractivity contribution in [2.75, 3.05) is 17.7 Å². The summed E-state index contributed by atoms with van der Waals surface area (Å²) in [4.78, 5) is 11.9. The molecule has 2 N–H and O–H groups in total. The Hall–Kier alpha value is -2.67. The molecule has 0 fully saturated rings. The first kappa shape index (κ1) is 13.3. The van der Waals surface area contributed by atoms with Gasteiger partial charge in [0.1, 0.15) is 11.3 Å². The number of benzene rings is 2. The van der Waals surface area contributed by atoms with Gasteiger partial charge in [0.05, 0.1) is 11.8 Å². The molecular weight excluding hydrogens is 288 g/mol. The third-order valence-electron chi connectivity index (χ3n) is 2.85. The number of aromatic nitrogens is 2. The largest absolute Gasteiger partial charge is 0.497 e. The predicted octanol–water partition coefficient (Wildman–Crippen LogP) is 3.34. The number of carbonyl (C=O) groups is 1. The maximum Gasteiger partial charge on any atom is 0.323 e. The Balaban J connectivity index is 1.67. The molecule has 21 heavy (non-hydrogen) atoms. The molecule has 1 aromatic heterocycles. The lowest BCUT2D eigenvalue weighted by molar-refractivity contribution is 0.262. The molecule has 3 rings (SSSR count). The summed E-state index contributed by atoms with van der Waals surface area (Å²) >= 11 is 1.29. The molecule has 0 unspecified atom stereocenters. The van der Waals surface area contributed by atoms with Crippen LogP contribution in [0.4, 0.5) is 16.2 Å². The number of hydrogen-bond donors (Lipinski definition) is 2. The van der Waals surface area contributed by atoms with E-state index >= 15 is 0 Å². The zero-order valence-electron chi connectivity index (χ0n) is 11.2. The van der Waals surface area contributed by atoms with Gasteiger partial charge in [-0.05, 0) is 54.0 Å². The van der Waals surface area contributed by atoms with E-state index in [0.29, 0.717) is 11.4 Å². The maximum absolute atomic E-state index is 11.9. The van der Waals surface area contributed by atoms with Crippen molar-refractivity contribution >= 4 is 39.2 Å². The minimum absolute atomic E-state index is 0.308. The van der Waals surface area contributed by atoms with Crippen LogP contribution in [-0.2, 0) is 0 Å². The van der Waals surface area contributed by atoms with Crippen molar-refractivity contribution in [3.05, 3.63) is 42.5 Å². The minimum Gasteiger partial charge on any atom is -0.497 e. The van der Waals surface area contributed by atoms with Crippen molar-refractivity contribution in [3.63, 3.8) is 0 Å². The molecule has 0 aliphatic heterocycles. The van der Waals surface area contributed by atoms with Crippen LogP contribution in [0.25, 0.3) is 10.2 Å². The summed E-state index contributed by atoms with van der Waals surface area (Å²) in [7, 11) is 1.60. The third kappa shape index (κ3) is 3.09. The molecule has 0 radical (unpaired) electrons. The molecule has 1 heterocycles. The van der Waals surface area contributed by atoms with Crippen LogP contribution >= 0.6 is 11.5 Å². The molecule has 0 saturated carbocycles. The SMILES string of the molecule is COc1ccc(NC(=O)Nc2ccc3nnsc3c2)cc1. The molecule has 0 saturated heterocycles. The van der Waals surface area contributed by atoms with Gasteiger partial charge in [0.25, 0.3) is 0 Å². The number of rotatable bonds is 3. The number of nitrogens with one attached hydrogen (secondary N) is 2. The van der Waals surface area contributed by atoms with Crippen molar-refractivity contribution in [2.45, 2.75) is 0 Å².